The Balaban J connectivity index is 1.83. The van der Waals surface area contributed by atoms with Gasteiger partial charge < -0.3 is 9.64 Å². The fourth-order valence-corrected chi connectivity index (χ4v) is 2.65. The molecule has 0 saturated carbocycles. The Labute approximate surface area is 127 Å². The highest BCUT2D eigenvalue weighted by Gasteiger charge is 2.14. The molecule has 0 unspecified atom stereocenters. The molecule has 0 aromatic heterocycles. The predicted octanol–water partition coefficient (Wildman–Crippen LogP) is 4.18. The third-order valence-electron chi connectivity index (χ3n) is 3.34. The van der Waals surface area contributed by atoms with Crippen LogP contribution >= 0.6 is 15.9 Å². The zero-order valence-corrected chi connectivity index (χ0v) is 12.8. The Hall–Kier alpha value is -1.81. The van der Waals surface area contributed by atoms with E-state index in [4.69, 9.17) is 4.74 Å². The summed E-state index contributed by atoms with van der Waals surface area (Å²) in [6, 6.07) is 14.4. The topological polar surface area (TPSA) is 24.8 Å². The minimum Gasteiger partial charge on any atom is -0.497 e. The normalized spacial score (nSPS) is 13.2. The molecule has 0 N–H and O–H groups in total. The van der Waals surface area contributed by atoms with Gasteiger partial charge in [-0.2, -0.15) is 0 Å². The van der Waals surface area contributed by atoms with E-state index >= 15 is 0 Å². The third-order valence-corrected chi connectivity index (χ3v) is 3.84. The maximum atomic E-state index is 5.19. The van der Waals surface area contributed by atoms with Crippen LogP contribution < -0.4 is 9.64 Å². The maximum Gasteiger partial charge on any atom is 0.118 e. The van der Waals surface area contributed by atoms with E-state index in [1.807, 2.05) is 24.4 Å². The first kappa shape index (κ1) is 13.2. The molecule has 4 heteroatoms. The van der Waals surface area contributed by atoms with Crippen molar-refractivity contribution in [2.24, 2.45) is 4.99 Å². The first-order valence-electron chi connectivity index (χ1n) is 6.46. The molecule has 3 nitrogen and oxygen atoms in total. The Morgan fingerprint density at radius 1 is 1.20 bits per heavy atom. The lowest BCUT2D eigenvalue weighted by atomic mass is 10.1. The first-order chi connectivity index (χ1) is 9.76. The van der Waals surface area contributed by atoms with Gasteiger partial charge in [-0.05, 0) is 35.9 Å². The van der Waals surface area contributed by atoms with Crippen molar-refractivity contribution in [3.63, 3.8) is 0 Å². The summed E-state index contributed by atoms with van der Waals surface area (Å²) < 4.78 is 6.24. The molecule has 0 spiro atoms. The van der Waals surface area contributed by atoms with Crippen LogP contribution in [0.15, 0.2) is 51.9 Å². The minimum atomic E-state index is 0.834. The van der Waals surface area contributed by atoms with E-state index in [1.54, 1.807) is 7.11 Å². The molecule has 0 atom stereocenters. The lowest BCUT2D eigenvalue weighted by Gasteiger charge is -2.27. The largest absolute Gasteiger partial charge is 0.497 e. The Morgan fingerprint density at radius 2 is 2.00 bits per heavy atom. The van der Waals surface area contributed by atoms with Crippen molar-refractivity contribution in [3.8, 4) is 5.75 Å². The van der Waals surface area contributed by atoms with Crippen LogP contribution in [-0.2, 0) is 6.54 Å². The summed E-state index contributed by atoms with van der Waals surface area (Å²) in [7, 11) is 1.68. The lowest BCUT2D eigenvalue weighted by Crippen LogP contribution is -2.26. The van der Waals surface area contributed by atoms with E-state index in [2.05, 4.69) is 50.1 Å². The van der Waals surface area contributed by atoms with Crippen molar-refractivity contribution in [1.29, 1.82) is 0 Å². The SMILES string of the molecule is COc1ccc(CN2CC=Nc3cc(Br)ccc32)cc1. The smallest absolute Gasteiger partial charge is 0.118 e. The lowest BCUT2D eigenvalue weighted by molar-refractivity contribution is 0.414. The molecule has 0 aliphatic carbocycles. The van der Waals surface area contributed by atoms with Crippen molar-refractivity contribution in [3.05, 3.63) is 52.5 Å². The van der Waals surface area contributed by atoms with E-state index in [0.29, 0.717) is 0 Å². The van der Waals surface area contributed by atoms with Crippen molar-refractivity contribution in [1.82, 2.24) is 0 Å². The molecule has 20 heavy (non-hydrogen) atoms. The van der Waals surface area contributed by atoms with Crippen LogP contribution in [0, 0.1) is 0 Å². The molecule has 0 radical (unpaired) electrons. The number of methoxy groups -OCH3 is 1. The molecule has 3 rings (SSSR count). The van der Waals surface area contributed by atoms with Gasteiger partial charge in [-0.3, -0.25) is 4.99 Å². The number of benzene rings is 2. The fraction of sp³-hybridized carbons (Fsp3) is 0.188. The number of fused-ring (bicyclic) bond motifs is 1. The number of rotatable bonds is 3. The third kappa shape index (κ3) is 2.70. The Bertz CT molecular complexity index is 637. The van der Waals surface area contributed by atoms with E-state index in [9.17, 15) is 0 Å². The summed E-state index contributed by atoms with van der Waals surface area (Å²) in [6.45, 7) is 1.70. The van der Waals surface area contributed by atoms with Gasteiger partial charge in [0.1, 0.15) is 5.75 Å². The number of hydrogen-bond acceptors (Lipinski definition) is 3. The van der Waals surface area contributed by atoms with Gasteiger partial charge in [0, 0.05) is 17.2 Å². The number of aliphatic imine (C=N–C) groups is 1. The molecule has 0 fully saturated rings. The molecule has 0 bridgehead atoms. The summed E-state index contributed by atoms with van der Waals surface area (Å²) in [4.78, 5) is 6.77. The molecule has 1 heterocycles. The number of ether oxygens (including phenoxy) is 1. The maximum absolute atomic E-state index is 5.19. The monoisotopic (exact) mass is 330 g/mol. The Kier molecular flexibility index (Phi) is 3.74. The number of anilines is 1. The van der Waals surface area contributed by atoms with E-state index < -0.39 is 0 Å². The number of hydrogen-bond donors (Lipinski definition) is 0. The molecule has 2 aromatic carbocycles. The zero-order chi connectivity index (χ0) is 13.9. The second-order valence-electron chi connectivity index (χ2n) is 4.67. The summed E-state index contributed by atoms with van der Waals surface area (Å²) in [5.74, 6) is 0.887. The van der Waals surface area contributed by atoms with Gasteiger partial charge in [-0.1, -0.05) is 28.1 Å². The van der Waals surface area contributed by atoms with Crippen LogP contribution in [-0.4, -0.2) is 19.9 Å². The summed E-state index contributed by atoms with van der Waals surface area (Å²) in [5.41, 5.74) is 3.45. The van der Waals surface area contributed by atoms with Crippen LogP contribution in [0.2, 0.25) is 0 Å². The van der Waals surface area contributed by atoms with Gasteiger partial charge in [-0.25, -0.2) is 0 Å². The molecular formula is C16H15BrN2O. The number of halogens is 1. The van der Waals surface area contributed by atoms with Gasteiger partial charge in [0.2, 0.25) is 0 Å². The molecule has 0 saturated heterocycles. The minimum absolute atomic E-state index is 0.834. The van der Waals surface area contributed by atoms with Gasteiger partial charge in [0.05, 0.1) is 25.0 Å². The molecule has 1 aliphatic heterocycles. The van der Waals surface area contributed by atoms with Crippen LogP contribution in [0.1, 0.15) is 5.56 Å². The first-order valence-corrected chi connectivity index (χ1v) is 7.25. The fourth-order valence-electron chi connectivity index (χ4n) is 2.30. The van der Waals surface area contributed by atoms with Crippen molar-refractivity contribution in [2.75, 3.05) is 18.6 Å². The Morgan fingerprint density at radius 3 is 2.75 bits per heavy atom. The van der Waals surface area contributed by atoms with Crippen LogP contribution in [0.5, 0.6) is 5.75 Å². The van der Waals surface area contributed by atoms with E-state index in [-0.39, 0.29) is 0 Å². The average Bonchev–Trinajstić information content (AvgIpc) is 2.48. The summed E-state index contributed by atoms with van der Waals surface area (Å²) >= 11 is 3.49. The van der Waals surface area contributed by atoms with Gasteiger partial charge >= 0.3 is 0 Å². The molecular weight excluding hydrogens is 316 g/mol. The zero-order valence-electron chi connectivity index (χ0n) is 11.2. The van der Waals surface area contributed by atoms with Gasteiger partial charge in [-0.15, -0.1) is 0 Å². The molecule has 102 valence electrons. The van der Waals surface area contributed by atoms with Crippen LogP contribution in [0.4, 0.5) is 11.4 Å². The van der Waals surface area contributed by atoms with Gasteiger partial charge in [0.15, 0.2) is 0 Å². The highest BCUT2D eigenvalue weighted by atomic mass is 79.9. The standard InChI is InChI=1S/C16H15BrN2O/c1-20-14-5-2-12(3-6-14)11-19-9-8-18-15-10-13(17)4-7-16(15)19/h2-8,10H,9,11H2,1H3. The van der Waals surface area contributed by atoms with Crippen LogP contribution in [0.3, 0.4) is 0 Å². The van der Waals surface area contributed by atoms with E-state index in [1.165, 1.54) is 11.3 Å². The second kappa shape index (κ2) is 5.67. The molecule has 0 amide bonds. The van der Waals surface area contributed by atoms with Gasteiger partial charge in [0.25, 0.3) is 0 Å². The molecule has 1 aliphatic rings. The summed E-state index contributed by atoms with van der Waals surface area (Å²) in [6.07, 6.45) is 1.96. The van der Waals surface area contributed by atoms with Crippen LogP contribution in [0.25, 0.3) is 0 Å². The quantitative estimate of drug-likeness (QED) is 0.843. The average molecular weight is 331 g/mol. The highest BCUT2D eigenvalue weighted by Crippen LogP contribution is 2.34. The van der Waals surface area contributed by atoms with E-state index in [0.717, 1.165) is 29.0 Å². The number of nitrogens with zero attached hydrogens (tertiary/aromatic N) is 2. The van der Waals surface area contributed by atoms with Crippen molar-refractivity contribution < 1.29 is 4.74 Å². The van der Waals surface area contributed by atoms with Crippen molar-refractivity contribution in [2.45, 2.75) is 6.54 Å². The second-order valence-corrected chi connectivity index (χ2v) is 5.59. The predicted molar refractivity (Wildman–Crippen MR) is 86.3 cm³/mol. The van der Waals surface area contributed by atoms with Crippen molar-refractivity contribution >= 4 is 33.5 Å². The molecule has 2 aromatic rings. The summed E-state index contributed by atoms with van der Waals surface area (Å²) in [5, 5.41) is 0. The highest BCUT2D eigenvalue weighted by molar-refractivity contribution is 9.10.